The third-order valence-electron chi connectivity index (χ3n) is 4.02. The van der Waals surface area contributed by atoms with Gasteiger partial charge in [0.1, 0.15) is 5.82 Å². The molecule has 118 valence electrons. The molecular weight excluding hydrogens is 296 g/mol. The molecule has 2 aromatic rings. The molecule has 1 aliphatic heterocycles. The number of carbonyl (C=O) groups excluding carboxylic acids is 1. The molecule has 0 bridgehead atoms. The van der Waals surface area contributed by atoms with E-state index in [4.69, 9.17) is 5.73 Å². The molecular formula is C16H16N4O3. The monoisotopic (exact) mass is 312 g/mol. The molecule has 23 heavy (non-hydrogen) atoms. The summed E-state index contributed by atoms with van der Waals surface area (Å²) in [5, 5.41) is 11.3. The second kappa shape index (κ2) is 6.04. The van der Waals surface area contributed by atoms with Crippen LogP contribution in [0, 0.1) is 16.0 Å². The lowest BCUT2D eigenvalue weighted by Crippen LogP contribution is -2.27. The Bertz CT molecular complexity index is 748. The van der Waals surface area contributed by atoms with Gasteiger partial charge in [0.05, 0.1) is 10.8 Å². The summed E-state index contributed by atoms with van der Waals surface area (Å²) in [6.45, 7) is 1.15. The van der Waals surface area contributed by atoms with Gasteiger partial charge < -0.3 is 10.6 Å². The number of carbonyl (C=O) groups is 1. The molecule has 0 radical (unpaired) electrons. The van der Waals surface area contributed by atoms with Crippen molar-refractivity contribution in [3.8, 4) is 11.3 Å². The molecule has 2 heterocycles. The van der Waals surface area contributed by atoms with Gasteiger partial charge >= 0.3 is 0 Å². The van der Waals surface area contributed by atoms with Crippen LogP contribution in [0.15, 0.2) is 42.5 Å². The molecule has 1 aromatic heterocycles. The summed E-state index contributed by atoms with van der Waals surface area (Å²) in [5.41, 5.74) is 6.33. The molecule has 0 saturated carbocycles. The van der Waals surface area contributed by atoms with Crippen molar-refractivity contribution in [3.05, 3.63) is 52.6 Å². The van der Waals surface area contributed by atoms with Gasteiger partial charge in [-0.1, -0.05) is 30.3 Å². The Morgan fingerprint density at radius 3 is 2.61 bits per heavy atom. The van der Waals surface area contributed by atoms with E-state index < -0.39 is 4.92 Å². The molecule has 1 atom stereocenters. The van der Waals surface area contributed by atoms with Crippen molar-refractivity contribution in [2.75, 3.05) is 18.0 Å². The van der Waals surface area contributed by atoms with Crippen LogP contribution >= 0.6 is 0 Å². The van der Waals surface area contributed by atoms with Gasteiger partial charge in [-0.05, 0) is 12.5 Å². The van der Waals surface area contributed by atoms with Gasteiger partial charge in [-0.25, -0.2) is 4.98 Å². The molecule has 1 saturated heterocycles. The van der Waals surface area contributed by atoms with E-state index in [0.717, 1.165) is 0 Å². The van der Waals surface area contributed by atoms with Gasteiger partial charge in [0.25, 0.3) is 5.69 Å². The molecule has 7 nitrogen and oxygen atoms in total. The third-order valence-corrected chi connectivity index (χ3v) is 4.02. The van der Waals surface area contributed by atoms with E-state index in [1.165, 1.54) is 6.07 Å². The predicted octanol–water partition coefficient (Wildman–Crippen LogP) is 1.97. The van der Waals surface area contributed by atoms with Crippen LogP contribution in [0.5, 0.6) is 0 Å². The average Bonchev–Trinajstić information content (AvgIpc) is 3.05. The van der Waals surface area contributed by atoms with E-state index >= 15 is 0 Å². The van der Waals surface area contributed by atoms with Crippen molar-refractivity contribution >= 4 is 17.4 Å². The molecule has 1 aromatic carbocycles. The summed E-state index contributed by atoms with van der Waals surface area (Å²) >= 11 is 0. The Labute approximate surface area is 132 Å². The zero-order valence-corrected chi connectivity index (χ0v) is 12.4. The molecule has 1 fully saturated rings. The molecule has 1 amide bonds. The number of nitro groups is 1. The highest BCUT2D eigenvalue weighted by Gasteiger charge is 2.28. The Balaban J connectivity index is 1.98. The van der Waals surface area contributed by atoms with Crippen molar-refractivity contribution in [2.24, 2.45) is 11.7 Å². The SMILES string of the molecule is NC(=O)[C@@H]1CCN(c2ccc([N+](=O)[O-])c(-c3ccccc3)n2)C1. The summed E-state index contributed by atoms with van der Waals surface area (Å²) in [4.78, 5) is 28.5. The lowest BCUT2D eigenvalue weighted by molar-refractivity contribution is -0.384. The number of rotatable bonds is 4. The minimum Gasteiger partial charge on any atom is -0.369 e. The number of benzene rings is 1. The predicted molar refractivity (Wildman–Crippen MR) is 85.8 cm³/mol. The van der Waals surface area contributed by atoms with Gasteiger partial charge in [0, 0.05) is 24.7 Å². The van der Waals surface area contributed by atoms with Crippen LogP contribution in [-0.2, 0) is 4.79 Å². The van der Waals surface area contributed by atoms with E-state index in [2.05, 4.69) is 4.98 Å². The molecule has 7 heteroatoms. The number of nitrogens with two attached hydrogens (primary N) is 1. The molecule has 2 N–H and O–H groups in total. The van der Waals surface area contributed by atoms with Crippen LogP contribution in [-0.4, -0.2) is 28.9 Å². The maximum absolute atomic E-state index is 11.3. The fourth-order valence-electron chi connectivity index (χ4n) is 2.77. The number of hydrogen-bond acceptors (Lipinski definition) is 5. The minimum absolute atomic E-state index is 0.0365. The summed E-state index contributed by atoms with van der Waals surface area (Å²) in [5.74, 6) is 0.100. The second-order valence-corrected chi connectivity index (χ2v) is 5.49. The molecule has 1 aliphatic rings. The normalized spacial score (nSPS) is 17.2. The zero-order chi connectivity index (χ0) is 16.4. The number of pyridine rings is 1. The first-order valence-corrected chi connectivity index (χ1v) is 7.31. The van der Waals surface area contributed by atoms with Gasteiger partial charge in [-0.15, -0.1) is 0 Å². The number of hydrogen-bond donors (Lipinski definition) is 1. The van der Waals surface area contributed by atoms with E-state index in [-0.39, 0.29) is 17.5 Å². The van der Waals surface area contributed by atoms with Crippen LogP contribution in [0.4, 0.5) is 11.5 Å². The number of amides is 1. The van der Waals surface area contributed by atoms with Crippen molar-refractivity contribution in [3.63, 3.8) is 0 Å². The topological polar surface area (TPSA) is 102 Å². The van der Waals surface area contributed by atoms with E-state index in [1.807, 2.05) is 23.1 Å². The highest BCUT2D eigenvalue weighted by molar-refractivity contribution is 5.78. The smallest absolute Gasteiger partial charge is 0.295 e. The Hall–Kier alpha value is -2.96. The first kappa shape index (κ1) is 15.0. The first-order chi connectivity index (χ1) is 11.1. The van der Waals surface area contributed by atoms with Crippen molar-refractivity contribution in [1.29, 1.82) is 0 Å². The Kier molecular flexibility index (Phi) is 3.92. The van der Waals surface area contributed by atoms with Crippen LogP contribution in [0.25, 0.3) is 11.3 Å². The fraction of sp³-hybridized carbons (Fsp3) is 0.250. The standard InChI is InChI=1S/C16H16N4O3/c17-16(21)12-8-9-19(10-12)14-7-6-13(20(22)23)15(18-14)11-4-2-1-3-5-11/h1-7,12H,8-10H2,(H2,17,21)/t12-/m1/s1. The van der Waals surface area contributed by atoms with E-state index in [1.54, 1.807) is 18.2 Å². The summed E-state index contributed by atoms with van der Waals surface area (Å²) in [6.07, 6.45) is 0.675. The molecule has 3 rings (SSSR count). The van der Waals surface area contributed by atoms with Crippen molar-refractivity contribution in [2.45, 2.75) is 6.42 Å². The minimum atomic E-state index is -0.435. The number of aromatic nitrogens is 1. The van der Waals surface area contributed by atoms with Crippen LogP contribution < -0.4 is 10.6 Å². The lowest BCUT2D eigenvalue weighted by Gasteiger charge is -2.17. The summed E-state index contributed by atoms with van der Waals surface area (Å²) in [6, 6.07) is 12.1. The molecule has 0 unspecified atom stereocenters. The first-order valence-electron chi connectivity index (χ1n) is 7.31. The number of primary amides is 1. The number of anilines is 1. The average molecular weight is 312 g/mol. The van der Waals surface area contributed by atoms with Crippen LogP contribution in [0.1, 0.15) is 6.42 Å². The van der Waals surface area contributed by atoms with Gasteiger partial charge in [-0.2, -0.15) is 0 Å². The highest BCUT2D eigenvalue weighted by atomic mass is 16.6. The highest BCUT2D eigenvalue weighted by Crippen LogP contribution is 2.31. The maximum atomic E-state index is 11.3. The van der Waals surface area contributed by atoms with Gasteiger partial charge in [0.2, 0.25) is 5.91 Å². The Morgan fingerprint density at radius 2 is 2.00 bits per heavy atom. The molecule has 0 aliphatic carbocycles. The van der Waals surface area contributed by atoms with Crippen molar-refractivity contribution < 1.29 is 9.72 Å². The van der Waals surface area contributed by atoms with Crippen LogP contribution in [0.3, 0.4) is 0 Å². The van der Waals surface area contributed by atoms with Gasteiger partial charge in [0.15, 0.2) is 5.69 Å². The largest absolute Gasteiger partial charge is 0.369 e. The number of nitrogens with zero attached hydrogens (tertiary/aromatic N) is 3. The summed E-state index contributed by atoms with van der Waals surface area (Å²) in [7, 11) is 0. The lowest BCUT2D eigenvalue weighted by atomic mass is 10.1. The Morgan fingerprint density at radius 1 is 1.26 bits per heavy atom. The van der Waals surface area contributed by atoms with Crippen LogP contribution in [0.2, 0.25) is 0 Å². The van der Waals surface area contributed by atoms with E-state index in [0.29, 0.717) is 36.6 Å². The van der Waals surface area contributed by atoms with Crippen molar-refractivity contribution in [1.82, 2.24) is 4.98 Å². The summed E-state index contributed by atoms with van der Waals surface area (Å²) < 4.78 is 0. The fourth-order valence-corrected chi connectivity index (χ4v) is 2.77. The van der Waals surface area contributed by atoms with Gasteiger partial charge in [-0.3, -0.25) is 14.9 Å². The second-order valence-electron chi connectivity index (χ2n) is 5.49. The quantitative estimate of drug-likeness (QED) is 0.687. The third kappa shape index (κ3) is 2.98. The maximum Gasteiger partial charge on any atom is 0.295 e. The zero-order valence-electron chi connectivity index (χ0n) is 12.4. The van der Waals surface area contributed by atoms with E-state index in [9.17, 15) is 14.9 Å². The molecule has 0 spiro atoms.